The number of methoxy groups -OCH3 is 2. The maximum absolute atomic E-state index is 13.0. The first-order valence-electron chi connectivity index (χ1n) is 12.7. The average Bonchev–Trinajstić information content (AvgIpc) is 3.00. The summed E-state index contributed by atoms with van der Waals surface area (Å²) in [5, 5.41) is 8.23. The number of benzene rings is 4. The minimum atomic E-state index is -0.614. The van der Waals surface area contributed by atoms with Crippen molar-refractivity contribution in [1.29, 1.82) is 0 Å². The third-order valence-corrected chi connectivity index (χ3v) is 5.97. The van der Waals surface area contributed by atoms with Crippen molar-refractivity contribution < 1.29 is 33.3 Å². The van der Waals surface area contributed by atoms with Crippen molar-refractivity contribution in [2.45, 2.75) is 6.92 Å². The first-order valence-corrected chi connectivity index (χ1v) is 12.7. The van der Waals surface area contributed by atoms with E-state index >= 15 is 0 Å². The van der Waals surface area contributed by atoms with E-state index in [0.29, 0.717) is 35.0 Å². The van der Waals surface area contributed by atoms with Crippen molar-refractivity contribution in [1.82, 2.24) is 10.7 Å². The topological polar surface area (TPSA) is 125 Å². The summed E-state index contributed by atoms with van der Waals surface area (Å²) in [5.74, 6) is 0.198. The molecule has 0 aliphatic heterocycles. The van der Waals surface area contributed by atoms with E-state index in [1.54, 1.807) is 42.5 Å². The van der Waals surface area contributed by atoms with E-state index in [2.05, 4.69) is 15.8 Å². The third kappa shape index (κ3) is 7.18. The molecule has 0 radical (unpaired) electrons. The molecule has 0 saturated carbocycles. The highest BCUT2D eigenvalue weighted by molar-refractivity contribution is 6.04. The summed E-state index contributed by atoms with van der Waals surface area (Å²) in [6, 6.07) is 22.3. The number of hydrogen-bond acceptors (Lipinski definition) is 8. The molecule has 0 fully saturated rings. The van der Waals surface area contributed by atoms with Gasteiger partial charge in [-0.1, -0.05) is 30.3 Å². The van der Waals surface area contributed by atoms with E-state index in [0.717, 1.165) is 10.8 Å². The lowest BCUT2D eigenvalue weighted by Crippen LogP contribution is -2.34. The summed E-state index contributed by atoms with van der Waals surface area (Å²) < 4.78 is 21.6. The summed E-state index contributed by atoms with van der Waals surface area (Å²) >= 11 is 0. The molecule has 0 saturated heterocycles. The van der Waals surface area contributed by atoms with E-state index < -0.39 is 17.8 Å². The van der Waals surface area contributed by atoms with Gasteiger partial charge < -0.3 is 24.3 Å². The number of carbonyl (C=O) groups excluding carboxylic acids is 3. The molecule has 0 atom stereocenters. The van der Waals surface area contributed by atoms with Crippen molar-refractivity contribution in [3.05, 3.63) is 95.6 Å². The summed E-state index contributed by atoms with van der Waals surface area (Å²) in [7, 11) is 2.98. The zero-order valence-corrected chi connectivity index (χ0v) is 22.8. The second-order valence-corrected chi connectivity index (χ2v) is 8.59. The Morgan fingerprint density at radius 2 is 1.54 bits per heavy atom. The summed E-state index contributed by atoms with van der Waals surface area (Å²) in [5.41, 5.74) is 3.53. The number of hydrazone groups is 1. The predicted octanol–water partition coefficient (Wildman–Crippen LogP) is 4.36. The van der Waals surface area contributed by atoms with Crippen LogP contribution in [0.25, 0.3) is 10.8 Å². The molecule has 0 aliphatic carbocycles. The Morgan fingerprint density at radius 1 is 0.829 bits per heavy atom. The molecule has 4 rings (SSSR count). The van der Waals surface area contributed by atoms with Crippen LogP contribution in [0.4, 0.5) is 0 Å². The highest BCUT2D eigenvalue weighted by Gasteiger charge is 2.16. The molecule has 4 aromatic carbocycles. The van der Waals surface area contributed by atoms with Gasteiger partial charge in [-0.15, -0.1) is 0 Å². The Hall–Kier alpha value is -5.38. The van der Waals surface area contributed by atoms with Gasteiger partial charge in [0.1, 0.15) is 11.5 Å². The van der Waals surface area contributed by atoms with Crippen molar-refractivity contribution in [3.63, 3.8) is 0 Å². The Morgan fingerprint density at radius 3 is 2.27 bits per heavy atom. The summed E-state index contributed by atoms with van der Waals surface area (Å²) in [4.78, 5) is 37.7. The third-order valence-electron chi connectivity index (χ3n) is 5.97. The Bertz CT molecular complexity index is 1580. The van der Waals surface area contributed by atoms with Gasteiger partial charge >= 0.3 is 5.97 Å². The molecular weight excluding hydrogens is 526 g/mol. The van der Waals surface area contributed by atoms with E-state index in [1.165, 1.54) is 26.5 Å². The molecule has 41 heavy (non-hydrogen) atoms. The van der Waals surface area contributed by atoms with Crippen LogP contribution in [-0.4, -0.2) is 51.4 Å². The van der Waals surface area contributed by atoms with Crippen LogP contribution in [0, 0.1) is 0 Å². The number of esters is 1. The minimum Gasteiger partial charge on any atom is -0.494 e. The molecule has 0 aliphatic rings. The van der Waals surface area contributed by atoms with Gasteiger partial charge in [0.15, 0.2) is 11.5 Å². The largest absolute Gasteiger partial charge is 0.494 e. The van der Waals surface area contributed by atoms with Gasteiger partial charge in [-0.05, 0) is 66.2 Å². The summed E-state index contributed by atoms with van der Waals surface area (Å²) in [6.07, 6.45) is 1.39. The Kier molecular flexibility index (Phi) is 9.50. The van der Waals surface area contributed by atoms with Crippen molar-refractivity contribution in [2.24, 2.45) is 5.10 Å². The molecule has 0 spiro atoms. The summed E-state index contributed by atoms with van der Waals surface area (Å²) in [6.45, 7) is 2.10. The first-order chi connectivity index (χ1) is 19.9. The van der Waals surface area contributed by atoms with Crippen LogP contribution >= 0.6 is 0 Å². The molecule has 10 nitrogen and oxygen atoms in total. The van der Waals surface area contributed by atoms with Gasteiger partial charge in [-0.25, -0.2) is 10.2 Å². The minimum absolute atomic E-state index is 0.241. The number of ether oxygens (including phenoxy) is 4. The highest BCUT2D eigenvalue weighted by atomic mass is 16.5. The van der Waals surface area contributed by atoms with Gasteiger partial charge in [-0.2, -0.15) is 5.10 Å². The molecule has 4 aromatic rings. The van der Waals surface area contributed by atoms with Gasteiger partial charge in [0.25, 0.3) is 11.8 Å². The maximum Gasteiger partial charge on any atom is 0.343 e. The maximum atomic E-state index is 13.0. The van der Waals surface area contributed by atoms with Crippen LogP contribution in [0.15, 0.2) is 84.0 Å². The molecule has 0 bridgehead atoms. The zero-order chi connectivity index (χ0) is 29.2. The molecule has 2 amide bonds. The predicted molar refractivity (Wildman–Crippen MR) is 154 cm³/mol. The molecule has 2 N–H and O–H groups in total. The van der Waals surface area contributed by atoms with Crippen LogP contribution in [0.3, 0.4) is 0 Å². The first kappa shape index (κ1) is 28.6. The number of fused-ring (bicyclic) bond motifs is 1. The lowest BCUT2D eigenvalue weighted by atomic mass is 10.0. The average molecular weight is 556 g/mol. The van der Waals surface area contributed by atoms with E-state index in [9.17, 15) is 14.4 Å². The van der Waals surface area contributed by atoms with Crippen LogP contribution < -0.4 is 29.7 Å². The van der Waals surface area contributed by atoms with Gasteiger partial charge in [0.05, 0.1) is 39.1 Å². The fourth-order valence-corrected chi connectivity index (χ4v) is 3.96. The van der Waals surface area contributed by atoms with Crippen molar-refractivity contribution in [2.75, 3.05) is 27.4 Å². The molecule has 10 heteroatoms. The molecule has 0 heterocycles. The zero-order valence-electron chi connectivity index (χ0n) is 22.8. The SMILES string of the molecule is CCOc1ccc(C(=O)NCC(=O)NN=Cc2c(OC(=O)c3ccc(OC)c(OC)c3)ccc3ccccc23)cc1. The molecular formula is C31H29N3O7. The normalized spacial score (nSPS) is 10.7. The number of hydrogen-bond donors (Lipinski definition) is 2. The van der Waals surface area contributed by atoms with Gasteiger partial charge in [0.2, 0.25) is 0 Å². The van der Waals surface area contributed by atoms with E-state index in [-0.39, 0.29) is 17.9 Å². The number of amides is 2. The van der Waals surface area contributed by atoms with Crippen LogP contribution in [0.1, 0.15) is 33.2 Å². The second-order valence-electron chi connectivity index (χ2n) is 8.59. The van der Waals surface area contributed by atoms with Crippen LogP contribution in [-0.2, 0) is 4.79 Å². The van der Waals surface area contributed by atoms with Gasteiger partial charge in [-0.3, -0.25) is 9.59 Å². The van der Waals surface area contributed by atoms with Crippen molar-refractivity contribution in [3.8, 4) is 23.0 Å². The number of rotatable bonds is 11. The van der Waals surface area contributed by atoms with Crippen LogP contribution in [0.5, 0.6) is 23.0 Å². The second kappa shape index (κ2) is 13.6. The Balaban J connectivity index is 1.45. The van der Waals surface area contributed by atoms with Crippen molar-refractivity contribution >= 4 is 34.8 Å². The Labute approximate surface area is 236 Å². The lowest BCUT2D eigenvalue weighted by molar-refractivity contribution is -0.120. The van der Waals surface area contributed by atoms with E-state index in [4.69, 9.17) is 18.9 Å². The smallest absolute Gasteiger partial charge is 0.343 e. The number of nitrogens with zero attached hydrogens (tertiary/aromatic N) is 1. The molecule has 0 unspecified atom stereocenters. The van der Waals surface area contributed by atoms with Gasteiger partial charge in [0, 0.05) is 11.1 Å². The fraction of sp³-hybridized carbons (Fsp3) is 0.161. The lowest BCUT2D eigenvalue weighted by Gasteiger charge is -2.12. The quantitative estimate of drug-likeness (QED) is 0.122. The number of nitrogens with one attached hydrogen (secondary N) is 2. The fourth-order valence-electron chi connectivity index (χ4n) is 3.96. The standard InChI is InChI=1S/C31H29N3O7/c1-4-40-23-13-9-21(10-14-23)30(36)32-19-29(35)34-33-18-25-24-8-6-5-7-20(24)11-15-26(25)41-31(37)22-12-16-27(38-2)28(17-22)39-3/h5-18H,4,19H2,1-3H3,(H,32,36)(H,34,35). The molecule has 210 valence electrons. The molecule has 0 aromatic heterocycles. The highest BCUT2D eigenvalue weighted by Crippen LogP contribution is 2.30. The number of carbonyl (C=O) groups is 3. The van der Waals surface area contributed by atoms with Crippen LogP contribution in [0.2, 0.25) is 0 Å². The monoisotopic (exact) mass is 555 g/mol. The van der Waals surface area contributed by atoms with E-state index in [1.807, 2.05) is 37.3 Å².